The molecule has 4 aromatic rings. The van der Waals surface area contributed by atoms with E-state index in [4.69, 9.17) is 22.3 Å². The van der Waals surface area contributed by atoms with Crippen LogP contribution >= 0.6 is 11.6 Å². The summed E-state index contributed by atoms with van der Waals surface area (Å²) in [5.74, 6) is 1.19. The number of aliphatic imine (C=N–C) groups is 1. The molecule has 8 heteroatoms. The molecule has 4 N–H and O–H groups in total. The first-order valence-electron chi connectivity index (χ1n) is 11.9. The first-order chi connectivity index (χ1) is 17.4. The number of aromatic nitrogens is 2. The number of amidine groups is 1. The van der Waals surface area contributed by atoms with Gasteiger partial charge in [0.05, 0.1) is 23.0 Å². The maximum absolute atomic E-state index is 13.2. The second-order valence-electron chi connectivity index (χ2n) is 8.83. The van der Waals surface area contributed by atoms with Crippen molar-refractivity contribution < 1.29 is 4.79 Å². The minimum absolute atomic E-state index is 0.154. The number of benzene rings is 3. The predicted molar refractivity (Wildman–Crippen MR) is 149 cm³/mol. The Hall–Kier alpha value is -3.84. The summed E-state index contributed by atoms with van der Waals surface area (Å²) in [7, 11) is 4.03. The number of para-hydroxylation sites is 2. The number of nitrogens with two attached hydrogens (primary N) is 1. The van der Waals surface area contributed by atoms with Crippen LogP contribution in [-0.4, -0.2) is 48.2 Å². The van der Waals surface area contributed by atoms with E-state index in [1.165, 1.54) is 0 Å². The average molecular weight is 503 g/mol. The van der Waals surface area contributed by atoms with Crippen molar-refractivity contribution >= 4 is 40.1 Å². The Morgan fingerprint density at radius 2 is 1.72 bits per heavy atom. The molecule has 1 amide bonds. The van der Waals surface area contributed by atoms with Gasteiger partial charge in [-0.25, -0.2) is 4.98 Å². The number of halogens is 1. The molecule has 1 heterocycles. The van der Waals surface area contributed by atoms with Crippen molar-refractivity contribution in [1.82, 2.24) is 15.3 Å². The van der Waals surface area contributed by atoms with E-state index >= 15 is 0 Å². The Morgan fingerprint density at radius 1 is 1.06 bits per heavy atom. The van der Waals surface area contributed by atoms with Gasteiger partial charge in [0.25, 0.3) is 5.91 Å². The average Bonchev–Trinajstić information content (AvgIpc) is 3.34. The van der Waals surface area contributed by atoms with E-state index < -0.39 is 0 Å². The summed E-state index contributed by atoms with van der Waals surface area (Å²) in [6, 6.07) is 23.5. The molecule has 0 aliphatic rings. The van der Waals surface area contributed by atoms with Gasteiger partial charge in [0.15, 0.2) is 0 Å². The van der Waals surface area contributed by atoms with Crippen LogP contribution < -0.4 is 16.0 Å². The summed E-state index contributed by atoms with van der Waals surface area (Å²) < 4.78 is 0. The van der Waals surface area contributed by atoms with E-state index in [0.29, 0.717) is 24.4 Å². The van der Waals surface area contributed by atoms with Gasteiger partial charge < -0.3 is 20.9 Å². The van der Waals surface area contributed by atoms with E-state index in [9.17, 15) is 4.79 Å². The van der Waals surface area contributed by atoms with E-state index in [1.54, 1.807) is 0 Å². The number of nitrogens with zero attached hydrogens (tertiary/aromatic N) is 3. The number of hydrogen-bond donors (Lipinski definition) is 3. The van der Waals surface area contributed by atoms with Gasteiger partial charge >= 0.3 is 0 Å². The lowest BCUT2D eigenvalue weighted by Crippen LogP contribution is -2.29. The van der Waals surface area contributed by atoms with Crippen LogP contribution in [0.15, 0.2) is 77.8 Å². The van der Waals surface area contributed by atoms with Crippen LogP contribution in [0.4, 0.5) is 5.69 Å². The number of H-pyrrole nitrogens is 1. The molecular weight excluding hydrogens is 472 g/mol. The highest BCUT2D eigenvalue weighted by Gasteiger charge is 2.19. The Bertz CT molecular complexity index is 1300. The third kappa shape index (κ3) is 6.23. The van der Waals surface area contributed by atoms with Crippen LogP contribution in [0.1, 0.15) is 35.1 Å². The minimum atomic E-state index is -0.296. The van der Waals surface area contributed by atoms with E-state index in [0.717, 1.165) is 40.1 Å². The molecule has 0 bridgehead atoms. The van der Waals surface area contributed by atoms with Crippen molar-refractivity contribution in [2.24, 2.45) is 10.7 Å². The lowest BCUT2D eigenvalue weighted by molar-refractivity contribution is 0.0932. The lowest BCUT2D eigenvalue weighted by atomic mass is 10.0. The van der Waals surface area contributed by atoms with Crippen molar-refractivity contribution in [1.29, 1.82) is 0 Å². The Balaban J connectivity index is 1.49. The van der Waals surface area contributed by atoms with Crippen LogP contribution in [-0.2, 0) is 0 Å². The van der Waals surface area contributed by atoms with Gasteiger partial charge in [-0.05, 0) is 60.4 Å². The van der Waals surface area contributed by atoms with Crippen molar-refractivity contribution in [2.45, 2.75) is 18.9 Å². The topological polar surface area (TPSA) is 99.4 Å². The fourth-order valence-electron chi connectivity index (χ4n) is 3.98. The Morgan fingerprint density at radius 3 is 2.36 bits per heavy atom. The molecule has 0 radical (unpaired) electrons. The number of amides is 1. The Labute approximate surface area is 216 Å². The number of aromatic amines is 1. The Kier molecular flexibility index (Phi) is 8.23. The number of imidazole rings is 1. The number of alkyl halides is 1. The highest BCUT2D eigenvalue weighted by Crippen LogP contribution is 2.24. The van der Waals surface area contributed by atoms with Gasteiger partial charge in [-0.1, -0.05) is 36.4 Å². The van der Waals surface area contributed by atoms with Gasteiger partial charge in [-0.15, -0.1) is 11.6 Å². The summed E-state index contributed by atoms with van der Waals surface area (Å²) in [6.07, 6.45) is 1.38. The number of anilines is 1. The van der Waals surface area contributed by atoms with Crippen LogP contribution in [0.3, 0.4) is 0 Å². The molecule has 1 aromatic heterocycles. The SMILES string of the molecule is CN(C)c1ccc(-c2ccc(C(=O)NC(CCCN=C(N)CCl)c3nc4ccccc4[nH]3)cc2)cc1. The lowest BCUT2D eigenvalue weighted by Gasteiger charge is -2.17. The van der Waals surface area contributed by atoms with Gasteiger partial charge in [0, 0.05) is 31.9 Å². The van der Waals surface area contributed by atoms with Crippen molar-refractivity contribution in [3.8, 4) is 11.1 Å². The minimum Gasteiger partial charge on any atom is -0.386 e. The first kappa shape index (κ1) is 25.3. The zero-order chi connectivity index (χ0) is 25.5. The second kappa shape index (κ2) is 11.7. The molecule has 0 saturated heterocycles. The smallest absolute Gasteiger partial charge is 0.251 e. The van der Waals surface area contributed by atoms with Crippen molar-refractivity contribution in [2.75, 3.05) is 31.4 Å². The van der Waals surface area contributed by atoms with Crippen molar-refractivity contribution in [3.05, 3.63) is 84.2 Å². The molecule has 3 aromatic carbocycles. The van der Waals surface area contributed by atoms with Gasteiger partial charge in [0.2, 0.25) is 0 Å². The van der Waals surface area contributed by atoms with Crippen molar-refractivity contribution in [3.63, 3.8) is 0 Å². The second-order valence-corrected chi connectivity index (χ2v) is 9.10. The molecule has 0 spiro atoms. The maximum Gasteiger partial charge on any atom is 0.251 e. The van der Waals surface area contributed by atoms with Crippen LogP contribution in [0.25, 0.3) is 22.2 Å². The molecule has 36 heavy (non-hydrogen) atoms. The van der Waals surface area contributed by atoms with Gasteiger partial charge in [-0.2, -0.15) is 0 Å². The van der Waals surface area contributed by atoms with Gasteiger partial charge in [0.1, 0.15) is 11.7 Å². The summed E-state index contributed by atoms with van der Waals surface area (Å²) in [6.45, 7) is 0.534. The quantitative estimate of drug-likeness (QED) is 0.121. The molecule has 4 rings (SSSR count). The van der Waals surface area contributed by atoms with Crippen LogP contribution in [0.5, 0.6) is 0 Å². The number of carbonyl (C=O) groups excluding carboxylic acids is 1. The highest BCUT2D eigenvalue weighted by molar-refractivity contribution is 6.27. The molecular formula is C28H31ClN6O. The third-order valence-corrected chi connectivity index (χ3v) is 6.28. The molecule has 0 fully saturated rings. The predicted octanol–water partition coefficient (Wildman–Crippen LogP) is 5.14. The summed E-state index contributed by atoms with van der Waals surface area (Å²) >= 11 is 5.71. The summed E-state index contributed by atoms with van der Waals surface area (Å²) in [4.78, 5) is 27.6. The number of nitrogens with one attached hydrogen (secondary N) is 2. The molecule has 7 nitrogen and oxygen atoms in total. The van der Waals surface area contributed by atoms with E-state index in [-0.39, 0.29) is 17.8 Å². The molecule has 1 atom stereocenters. The first-order valence-corrected chi connectivity index (χ1v) is 12.5. The standard InChI is InChI=1S/C28H31ClN6O/c1-35(2)22-15-13-20(14-16-22)19-9-11-21(12-10-19)28(36)34-25(8-5-17-31-26(30)18-29)27-32-23-6-3-4-7-24(23)33-27/h3-4,6-7,9-16,25H,5,8,17-18H2,1-2H3,(H2,30,31)(H,32,33)(H,34,36). The molecule has 0 aliphatic heterocycles. The fraction of sp³-hybridized carbons (Fsp3) is 0.250. The zero-order valence-electron chi connectivity index (χ0n) is 20.5. The highest BCUT2D eigenvalue weighted by atomic mass is 35.5. The normalized spacial score (nSPS) is 12.5. The van der Waals surface area contributed by atoms with Gasteiger partial charge in [-0.3, -0.25) is 9.79 Å². The van der Waals surface area contributed by atoms with Crippen LogP contribution in [0.2, 0.25) is 0 Å². The van der Waals surface area contributed by atoms with Crippen LogP contribution in [0, 0.1) is 0 Å². The van der Waals surface area contributed by atoms with E-state index in [2.05, 4.69) is 44.5 Å². The number of hydrogen-bond acceptors (Lipinski definition) is 4. The number of rotatable bonds is 10. The summed E-state index contributed by atoms with van der Waals surface area (Å²) in [5.41, 5.74) is 11.4. The zero-order valence-corrected chi connectivity index (χ0v) is 21.3. The monoisotopic (exact) mass is 502 g/mol. The molecule has 0 saturated carbocycles. The molecule has 186 valence electrons. The summed E-state index contributed by atoms with van der Waals surface area (Å²) in [5, 5.41) is 3.15. The van der Waals surface area contributed by atoms with E-state index in [1.807, 2.05) is 62.6 Å². The fourth-order valence-corrected chi connectivity index (χ4v) is 4.07. The number of carbonyl (C=O) groups is 1. The third-order valence-electron chi connectivity index (χ3n) is 6.01. The molecule has 1 unspecified atom stereocenters. The maximum atomic E-state index is 13.2. The molecule has 0 aliphatic carbocycles. The number of fused-ring (bicyclic) bond motifs is 1. The largest absolute Gasteiger partial charge is 0.386 e.